The molecule has 27 heavy (non-hydrogen) atoms. The molecule has 3 rings (SSSR count). The first kappa shape index (κ1) is 18.2. The first-order valence-corrected chi connectivity index (χ1v) is 8.19. The predicted molar refractivity (Wildman–Crippen MR) is 97.9 cm³/mol. The van der Waals surface area contributed by atoms with Gasteiger partial charge in [-0.3, -0.25) is 4.79 Å². The normalized spacial score (nSPS) is 11.9. The van der Waals surface area contributed by atoms with Crippen LogP contribution in [-0.2, 0) is 11.2 Å². The monoisotopic (exact) mass is 367 g/mol. The molecule has 0 unspecified atom stereocenters. The fourth-order valence-electron chi connectivity index (χ4n) is 2.78. The van der Waals surface area contributed by atoms with Gasteiger partial charge in [-0.2, -0.15) is 0 Å². The average Bonchev–Trinajstić information content (AvgIpc) is 2.62. The average molecular weight is 367 g/mol. The van der Waals surface area contributed by atoms with Gasteiger partial charge in [0.1, 0.15) is 17.4 Å². The van der Waals surface area contributed by atoms with Crippen molar-refractivity contribution in [3.8, 4) is 5.75 Å². The van der Waals surface area contributed by atoms with Crippen molar-refractivity contribution in [1.82, 2.24) is 5.32 Å². The van der Waals surface area contributed by atoms with Crippen molar-refractivity contribution in [2.75, 3.05) is 0 Å². The number of carboxylic acids is 1. The summed E-state index contributed by atoms with van der Waals surface area (Å²) in [5.74, 6) is -1.70. The standard InChI is InChI=1S/C20H17NO6/c1-11-8-18(23)27-17-10-13(4-7-15(11)17)19(24)21-16(20(25)26)9-12-2-5-14(22)6-3-12/h2-8,10,16,22H,9H2,1H3,(H,21,24)(H,25,26)/t16-/m0/s1. The molecule has 0 aliphatic rings. The van der Waals surface area contributed by atoms with Crippen molar-refractivity contribution in [2.24, 2.45) is 0 Å². The van der Waals surface area contributed by atoms with Gasteiger partial charge < -0.3 is 19.9 Å². The predicted octanol–water partition coefficient (Wildman–Crippen LogP) is 2.23. The van der Waals surface area contributed by atoms with Gasteiger partial charge in [-0.25, -0.2) is 9.59 Å². The molecule has 1 atom stereocenters. The molecule has 2 aromatic carbocycles. The van der Waals surface area contributed by atoms with E-state index < -0.39 is 23.5 Å². The molecule has 138 valence electrons. The van der Waals surface area contributed by atoms with E-state index in [1.54, 1.807) is 31.2 Å². The number of benzene rings is 2. The lowest BCUT2D eigenvalue weighted by Gasteiger charge is -2.15. The number of fused-ring (bicyclic) bond motifs is 1. The number of aryl methyl sites for hydroxylation is 1. The van der Waals surface area contributed by atoms with Crippen LogP contribution in [0.1, 0.15) is 21.5 Å². The quantitative estimate of drug-likeness (QED) is 0.596. The van der Waals surface area contributed by atoms with Crippen LogP contribution in [0.4, 0.5) is 0 Å². The minimum Gasteiger partial charge on any atom is -0.508 e. The molecule has 1 heterocycles. The molecule has 0 saturated carbocycles. The highest BCUT2D eigenvalue weighted by molar-refractivity contribution is 5.99. The van der Waals surface area contributed by atoms with Crippen LogP contribution in [0.5, 0.6) is 5.75 Å². The third kappa shape index (κ3) is 4.14. The topological polar surface area (TPSA) is 117 Å². The van der Waals surface area contributed by atoms with Gasteiger partial charge in [0, 0.05) is 23.4 Å². The zero-order valence-electron chi connectivity index (χ0n) is 14.4. The first-order chi connectivity index (χ1) is 12.8. The summed E-state index contributed by atoms with van der Waals surface area (Å²) in [4.78, 5) is 35.5. The van der Waals surface area contributed by atoms with Crippen LogP contribution in [0, 0.1) is 6.92 Å². The molecule has 0 fully saturated rings. The zero-order chi connectivity index (χ0) is 19.6. The second-order valence-electron chi connectivity index (χ2n) is 6.19. The van der Waals surface area contributed by atoms with Crippen molar-refractivity contribution in [3.05, 3.63) is 75.6 Å². The summed E-state index contributed by atoms with van der Waals surface area (Å²) >= 11 is 0. The van der Waals surface area contributed by atoms with E-state index >= 15 is 0 Å². The maximum absolute atomic E-state index is 12.5. The molecule has 0 bridgehead atoms. The molecule has 0 saturated heterocycles. The molecule has 0 aliphatic carbocycles. The lowest BCUT2D eigenvalue weighted by Crippen LogP contribution is -2.42. The summed E-state index contributed by atoms with van der Waals surface area (Å²) in [6, 6.07) is 10.9. The van der Waals surface area contributed by atoms with E-state index in [-0.39, 0.29) is 23.3 Å². The van der Waals surface area contributed by atoms with E-state index in [9.17, 15) is 24.6 Å². The number of hydrogen-bond acceptors (Lipinski definition) is 5. The number of carbonyl (C=O) groups is 2. The Morgan fingerprint density at radius 2 is 1.81 bits per heavy atom. The first-order valence-electron chi connectivity index (χ1n) is 8.19. The van der Waals surface area contributed by atoms with E-state index in [0.717, 1.165) is 5.56 Å². The van der Waals surface area contributed by atoms with Crippen molar-refractivity contribution in [3.63, 3.8) is 0 Å². The van der Waals surface area contributed by atoms with Crippen LogP contribution in [0.2, 0.25) is 0 Å². The number of nitrogens with one attached hydrogen (secondary N) is 1. The van der Waals surface area contributed by atoms with E-state index in [0.29, 0.717) is 10.9 Å². The van der Waals surface area contributed by atoms with E-state index in [2.05, 4.69) is 5.32 Å². The summed E-state index contributed by atoms with van der Waals surface area (Å²) in [7, 11) is 0. The second kappa shape index (κ2) is 7.33. The Bertz CT molecular complexity index is 1070. The fourth-order valence-corrected chi connectivity index (χ4v) is 2.78. The van der Waals surface area contributed by atoms with Crippen LogP contribution < -0.4 is 10.9 Å². The molecule has 0 spiro atoms. The SMILES string of the molecule is Cc1cc(=O)oc2cc(C(=O)N[C@@H](Cc3ccc(O)cc3)C(=O)O)ccc12. The van der Waals surface area contributed by atoms with Gasteiger partial charge in [-0.05, 0) is 42.3 Å². The number of phenols is 1. The highest BCUT2D eigenvalue weighted by Crippen LogP contribution is 2.18. The highest BCUT2D eigenvalue weighted by atomic mass is 16.4. The van der Waals surface area contributed by atoms with Gasteiger partial charge in [-0.1, -0.05) is 18.2 Å². The third-order valence-electron chi connectivity index (χ3n) is 4.19. The van der Waals surface area contributed by atoms with E-state index in [1.165, 1.54) is 24.3 Å². The molecule has 1 amide bonds. The summed E-state index contributed by atoms with van der Waals surface area (Å²) < 4.78 is 5.12. The third-order valence-corrected chi connectivity index (χ3v) is 4.19. The molecule has 3 aromatic rings. The molecule has 3 N–H and O–H groups in total. The molecular weight excluding hydrogens is 350 g/mol. The summed E-state index contributed by atoms with van der Waals surface area (Å²) in [5, 5.41) is 21.9. The van der Waals surface area contributed by atoms with Gasteiger partial charge in [0.25, 0.3) is 5.91 Å². The smallest absolute Gasteiger partial charge is 0.336 e. The Hall–Kier alpha value is -3.61. The van der Waals surface area contributed by atoms with Crippen molar-refractivity contribution in [1.29, 1.82) is 0 Å². The van der Waals surface area contributed by atoms with Gasteiger partial charge in [-0.15, -0.1) is 0 Å². The molecule has 7 nitrogen and oxygen atoms in total. The molecule has 7 heteroatoms. The molecule has 0 aliphatic heterocycles. The highest BCUT2D eigenvalue weighted by Gasteiger charge is 2.21. The van der Waals surface area contributed by atoms with Gasteiger partial charge in [0.2, 0.25) is 0 Å². The summed E-state index contributed by atoms with van der Waals surface area (Å²) in [6.07, 6.45) is 0.0587. The number of aliphatic carboxylic acids is 1. The van der Waals surface area contributed by atoms with Crippen LogP contribution in [0.25, 0.3) is 11.0 Å². The van der Waals surface area contributed by atoms with E-state index in [4.69, 9.17) is 4.42 Å². The minimum absolute atomic E-state index is 0.0587. The fraction of sp³-hybridized carbons (Fsp3) is 0.150. The Labute approximate surface area is 153 Å². The summed E-state index contributed by atoms with van der Waals surface area (Å²) in [6.45, 7) is 1.76. The lowest BCUT2D eigenvalue weighted by molar-refractivity contribution is -0.139. The number of rotatable bonds is 5. The van der Waals surface area contributed by atoms with Gasteiger partial charge >= 0.3 is 11.6 Å². The van der Waals surface area contributed by atoms with E-state index in [1.807, 2.05) is 0 Å². The molecule has 1 aromatic heterocycles. The van der Waals surface area contributed by atoms with Crippen molar-refractivity contribution >= 4 is 22.8 Å². The van der Waals surface area contributed by atoms with Crippen molar-refractivity contribution < 1.29 is 24.2 Å². The Balaban J connectivity index is 1.83. The number of amides is 1. The minimum atomic E-state index is -1.18. The number of carboxylic acid groups (broad SMARTS) is 1. The van der Waals surface area contributed by atoms with Gasteiger partial charge in [0.05, 0.1) is 0 Å². The lowest BCUT2D eigenvalue weighted by atomic mass is 10.0. The number of phenolic OH excluding ortho intramolecular Hbond substituents is 1. The van der Waals surface area contributed by atoms with Crippen LogP contribution >= 0.6 is 0 Å². The maximum Gasteiger partial charge on any atom is 0.336 e. The largest absolute Gasteiger partial charge is 0.508 e. The van der Waals surface area contributed by atoms with Crippen molar-refractivity contribution in [2.45, 2.75) is 19.4 Å². The Kier molecular flexibility index (Phi) is 4.94. The number of carbonyl (C=O) groups excluding carboxylic acids is 1. The maximum atomic E-state index is 12.5. The van der Waals surface area contributed by atoms with Crippen LogP contribution in [0.3, 0.4) is 0 Å². The molecular formula is C20H17NO6. The Morgan fingerprint density at radius 3 is 2.48 bits per heavy atom. The van der Waals surface area contributed by atoms with Crippen LogP contribution in [0.15, 0.2) is 57.7 Å². The second-order valence-corrected chi connectivity index (χ2v) is 6.19. The number of aromatic hydroxyl groups is 1. The molecule has 0 radical (unpaired) electrons. The Morgan fingerprint density at radius 1 is 1.11 bits per heavy atom. The van der Waals surface area contributed by atoms with Gasteiger partial charge in [0.15, 0.2) is 0 Å². The number of hydrogen-bond donors (Lipinski definition) is 3. The zero-order valence-corrected chi connectivity index (χ0v) is 14.4. The summed E-state index contributed by atoms with van der Waals surface area (Å²) in [5.41, 5.74) is 1.31. The van der Waals surface area contributed by atoms with Crippen LogP contribution in [-0.4, -0.2) is 28.1 Å².